The van der Waals surface area contributed by atoms with Crippen LogP contribution in [0.25, 0.3) is 0 Å². The zero-order chi connectivity index (χ0) is 14.0. The summed E-state index contributed by atoms with van der Waals surface area (Å²) in [6.07, 6.45) is 0.860. The Kier molecular flexibility index (Phi) is 5.19. The average molecular weight is 315 g/mol. The van der Waals surface area contributed by atoms with Crippen LogP contribution in [0.1, 0.15) is 23.9 Å². The van der Waals surface area contributed by atoms with Crippen molar-refractivity contribution in [1.82, 2.24) is 10.2 Å². The molecule has 0 aliphatic carbocycles. The summed E-state index contributed by atoms with van der Waals surface area (Å²) in [4.78, 5) is 0.217. The quantitative estimate of drug-likeness (QED) is 0.791. The zero-order valence-corrected chi connectivity index (χ0v) is 13.1. The minimum atomic E-state index is -3.60. The molecule has 0 aliphatic rings. The highest BCUT2D eigenvalue weighted by atomic mass is 35.5. The Labute approximate surface area is 125 Å². The highest BCUT2D eigenvalue weighted by Crippen LogP contribution is 2.21. The topological polar surface area (TPSA) is 74.8 Å². The molecule has 0 atom stereocenters. The molecule has 0 radical (unpaired) electrons. The van der Waals surface area contributed by atoms with E-state index >= 15 is 0 Å². The molecule has 0 bridgehead atoms. The normalized spacial score (nSPS) is 10.9. The predicted molar refractivity (Wildman–Crippen MR) is 74.7 cm³/mol. The second kappa shape index (κ2) is 6.28. The van der Waals surface area contributed by atoms with E-state index in [9.17, 15) is 8.42 Å². The number of rotatable bonds is 4. The van der Waals surface area contributed by atoms with Gasteiger partial charge in [0.05, 0.1) is 11.4 Å². The molecule has 2 aromatic rings. The van der Waals surface area contributed by atoms with Crippen LogP contribution >= 0.6 is 0 Å². The smallest absolute Gasteiger partial charge is 0.265 e. The molecule has 7 heteroatoms. The summed E-state index contributed by atoms with van der Waals surface area (Å²) >= 11 is 0. The Morgan fingerprint density at radius 1 is 1.30 bits per heavy atom. The molecule has 2 N–H and O–H groups in total. The highest BCUT2D eigenvalue weighted by Gasteiger charge is 2.22. The molecule has 20 heavy (non-hydrogen) atoms. The number of nitrogens with one attached hydrogen (secondary N) is 2. The van der Waals surface area contributed by atoms with Gasteiger partial charge in [-0.05, 0) is 38.0 Å². The number of aromatic amines is 1. The molecular formula is C13H17ClN3O2S-. The fourth-order valence-corrected chi connectivity index (χ4v) is 3.42. The van der Waals surface area contributed by atoms with Gasteiger partial charge >= 0.3 is 0 Å². The van der Waals surface area contributed by atoms with Gasteiger partial charge in [0.15, 0.2) is 0 Å². The minimum absolute atomic E-state index is 0. The van der Waals surface area contributed by atoms with Gasteiger partial charge < -0.3 is 12.4 Å². The monoisotopic (exact) mass is 314 g/mol. The van der Waals surface area contributed by atoms with Crippen LogP contribution in [0.4, 0.5) is 5.69 Å². The fraction of sp³-hybridized carbons (Fsp3) is 0.308. The number of aromatic nitrogens is 2. The molecule has 1 aromatic heterocycles. The number of anilines is 1. The van der Waals surface area contributed by atoms with E-state index in [0.29, 0.717) is 17.1 Å². The number of hydrogen-bond acceptors (Lipinski definition) is 3. The Hall–Kier alpha value is -1.53. The summed E-state index contributed by atoms with van der Waals surface area (Å²) in [5.41, 5.74) is 2.66. The van der Waals surface area contributed by atoms with Gasteiger partial charge in [-0.2, -0.15) is 5.10 Å². The standard InChI is InChI=1S/C13H17N3O2S.ClH/c1-4-11-6-5-7-12(8-11)16-19(17,18)13-9(2)14-15-10(13)3;/h5-8,16H,4H2,1-3H3,(H,14,15);1H/p-1. The zero-order valence-electron chi connectivity index (χ0n) is 11.6. The van der Waals surface area contributed by atoms with Gasteiger partial charge in [-0.15, -0.1) is 0 Å². The largest absolute Gasteiger partial charge is 1.00 e. The van der Waals surface area contributed by atoms with Crippen LogP contribution < -0.4 is 17.1 Å². The van der Waals surface area contributed by atoms with Gasteiger partial charge in [0.2, 0.25) is 0 Å². The van der Waals surface area contributed by atoms with E-state index in [0.717, 1.165) is 12.0 Å². The number of benzene rings is 1. The summed E-state index contributed by atoms with van der Waals surface area (Å²) in [6.45, 7) is 5.38. The van der Waals surface area contributed by atoms with Crippen molar-refractivity contribution >= 4 is 15.7 Å². The van der Waals surface area contributed by atoms with Crippen LogP contribution in [0.3, 0.4) is 0 Å². The van der Waals surface area contributed by atoms with Crippen molar-refractivity contribution in [3.8, 4) is 0 Å². The number of H-pyrrole nitrogens is 1. The van der Waals surface area contributed by atoms with Crippen LogP contribution in [0.15, 0.2) is 29.2 Å². The molecule has 0 aliphatic heterocycles. The van der Waals surface area contributed by atoms with E-state index in [2.05, 4.69) is 14.9 Å². The molecule has 110 valence electrons. The van der Waals surface area contributed by atoms with E-state index in [4.69, 9.17) is 0 Å². The van der Waals surface area contributed by atoms with Crippen LogP contribution in [0.5, 0.6) is 0 Å². The molecule has 1 heterocycles. The summed E-state index contributed by atoms with van der Waals surface area (Å²) in [5.74, 6) is 0. The molecular weight excluding hydrogens is 298 g/mol. The first-order valence-corrected chi connectivity index (χ1v) is 7.55. The second-order valence-electron chi connectivity index (χ2n) is 4.42. The molecule has 0 unspecified atom stereocenters. The van der Waals surface area contributed by atoms with Crippen LogP contribution in [0.2, 0.25) is 0 Å². The lowest BCUT2D eigenvalue weighted by Gasteiger charge is -2.09. The Morgan fingerprint density at radius 3 is 2.55 bits per heavy atom. The van der Waals surface area contributed by atoms with Crippen molar-refractivity contribution in [2.45, 2.75) is 32.1 Å². The fourth-order valence-electron chi connectivity index (χ4n) is 2.00. The van der Waals surface area contributed by atoms with Gasteiger partial charge in [-0.25, -0.2) is 8.42 Å². The lowest BCUT2D eigenvalue weighted by molar-refractivity contribution is -0.00000674. The first kappa shape index (κ1) is 16.5. The molecule has 0 saturated heterocycles. The van der Waals surface area contributed by atoms with Gasteiger partial charge in [-0.3, -0.25) is 9.82 Å². The predicted octanol–water partition coefficient (Wildman–Crippen LogP) is -0.606. The van der Waals surface area contributed by atoms with Crippen molar-refractivity contribution in [3.05, 3.63) is 41.2 Å². The second-order valence-corrected chi connectivity index (χ2v) is 6.04. The van der Waals surface area contributed by atoms with Crippen LogP contribution in [-0.2, 0) is 16.4 Å². The van der Waals surface area contributed by atoms with Crippen molar-refractivity contribution in [3.63, 3.8) is 0 Å². The number of halogens is 1. The van der Waals surface area contributed by atoms with Gasteiger partial charge in [-0.1, -0.05) is 19.1 Å². The Morgan fingerprint density at radius 2 is 2.00 bits per heavy atom. The summed E-state index contributed by atoms with van der Waals surface area (Å²) in [5, 5.41) is 6.60. The van der Waals surface area contributed by atoms with E-state index in [1.807, 2.05) is 25.1 Å². The average Bonchev–Trinajstić information content (AvgIpc) is 2.69. The lowest BCUT2D eigenvalue weighted by Crippen LogP contribution is -3.00. The molecule has 0 amide bonds. The number of sulfonamides is 1. The summed E-state index contributed by atoms with van der Waals surface area (Å²) < 4.78 is 27.3. The van der Waals surface area contributed by atoms with E-state index < -0.39 is 10.0 Å². The number of nitrogens with zero attached hydrogens (tertiary/aromatic N) is 1. The van der Waals surface area contributed by atoms with Gasteiger partial charge in [0, 0.05) is 5.69 Å². The van der Waals surface area contributed by atoms with E-state index in [1.54, 1.807) is 19.9 Å². The molecule has 5 nitrogen and oxygen atoms in total. The molecule has 0 saturated carbocycles. The minimum Gasteiger partial charge on any atom is -1.00 e. The van der Waals surface area contributed by atoms with Crippen LogP contribution in [-0.4, -0.2) is 18.6 Å². The third kappa shape index (κ3) is 3.32. The van der Waals surface area contributed by atoms with E-state index in [-0.39, 0.29) is 17.3 Å². The van der Waals surface area contributed by atoms with Crippen molar-refractivity contribution in [2.24, 2.45) is 0 Å². The Balaban J connectivity index is 0.00000200. The first-order chi connectivity index (χ1) is 8.94. The SMILES string of the molecule is CCc1cccc(NS(=O)(=O)c2c(C)n[nH]c2C)c1.[Cl-]. The molecule has 2 rings (SSSR count). The highest BCUT2D eigenvalue weighted by molar-refractivity contribution is 7.92. The molecule has 0 fully saturated rings. The van der Waals surface area contributed by atoms with E-state index in [1.165, 1.54) is 0 Å². The molecule has 1 aromatic carbocycles. The number of aryl methyl sites for hydroxylation is 3. The maximum absolute atomic E-state index is 12.3. The Bertz CT molecular complexity index is 676. The summed E-state index contributed by atoms with van der Waals surface area (Å²) in [6, 6.07) is 7.38. The first-order valence-electron chi connectivity index (χ1n) is 6.07. The molecule has 0 spiro atoms. The number of hydrogen-bond donors (Lipinski definition) is 2. The lowest BCUT2D eigenvalue weighted by atomic mass is 10.1. The van der Waals surface area contributed by atoms with Gasteiger partial charge in [0.1, 0.15) is 4.90 Å². The van der Waals surface area contributed by atoms with Crippen molar-refractivity contribution in [2.75, 3.05) is 4.72 Å². The maximum Gasteiger partial charge on any atom is 0.265 e. The maximum atomic E-state index is 12.3. The third-order valence-corrected chi connectivity index (χ3v) is 4.56. The van der Waals surface area contributed by atoms with Gasteiger partial charge in [0.25, 0.3) is 10.0 Å². The van der Waals surface area contributed by atoms with Crippen molar-refractivity contribution in [1.29, 1.82) is 0 Å². The van der Waals surface area contributed by atoms with Crippen molar-refractivity contribution < 1.29 is 20.8 Å². The van der Waals surface area contributed by atoms with Crippen LogP contribution in [0, 0.1) is 13.8 Å². The third-order valence-electron chi connectivity index (χ3n) is 2.92. The summed E-state index contributed by atoms with van der Waals surface area (Å²) in [7, 11) is -3.60.